The van der Waals surface area contributed by atoms with Crippen LogP contribution in [0.3, 0.4) is 0 Å². The zero-order valence-corrected chi connectivity index (χ0v) is 10.6. The Hall–Kier alpha value is -0.650. The van der Waals surface area contributed by atoms with E-state index in [1.807, 2.05) is 0 Å². The summed E-state index contributed by atoms with van der Waals surface area (Å²) < 4.78 is 4.50. The molecule has 3 N–H and O–H groups in total. The van der Waals surface area contributed by atoms with Gasteiger partial charge in [0.1, 0.15) is 0 Å². The summed E-state index contributed by atoms with van der Waals surface area (Å²) in [7, 11) is 1.25. The first-order valence-electron chi connectivity index (χ1n) is 6.17. The van der Waals surface area contributed by atoms with Gasteiger partial charge in [0.05, 0.1) is 13.2 Å². The van der Waals surface area contributed by atoms with Gasteiger partial charge < -0.3 is 20.3 Å². The maximum Gasteiger partial charge on any atom is 0.338 e. The zero-order valence-electron chi connectivity index (χ0n) is 10.6. The standard InChI is InChI=1S/C12H23NO4/c1-12(16,11(15)17-2)8-13-7-9-5-3-4-6-10(9)14/h9-10,13-14,16H,3-8H2,1-2H3. The number of esters is 1. The number of methoxy groups -OCH3 is 1. The van der Waals surface area contributed by atoms with Gasteiger partial charge in [-0.1, -0.05) is 12.8 Å². The van der Waals surface area contributed by atoms with E-state index in [2.05, 4.69) is 10.1 Å². The van der Waals surface area contributed by atoms with E-state index >= 15 is 0 Å². The molecule has 1 aliphatic carbocycles. The van der Waals surface area contributed by atoms with Gasteiger partial charge in [0.25, 0.3) is 0 Å². The Bertz CT molecular complexity index is 255. The van der Waals surface area contributed by atoms with E-state index in [9.17, 15) is 15.0 Å². The van der Waals surface area contributed by atoms with Crippen LogP contribution in [0, 0.1) is 5.92 Å². The molecule has 0 aliphatic heterocycles. The number of ether oxygens (including phenoxy) is 1. The quantitative estimate of drug-likeness (QED) is 0.597. The van der Waals surface area contributed by atoms with Crippen molar-refractivity contribution >= 4 is 5.97 Å². The molecule has 0 bridgehead atoms. The van der Waals surface area contributed by atoms with Crippen molar-refractivity contribution in [1.82, 2.24) is 5.32 Å². The van der Waals surface area contributed by atoms with Crippen molar-refractivity contribution in [1.29, 1.82) is 0 Å². The number of carbonyl (C=O) groups excluding carboxylic acids is 1. The van der Waals surface area contributed by atoms with E-state index in [0.717, 1.165) is 25.7 Å². The van der Waals surface area contributed by atoms with Gasteiger partial charge in [-0.15, -0.1) is 0 Å². The van der Waals surface area contributed by atoms with Crippen molar-refractivity contribution in [3.63, 3.8) is 0 Å². The number of nitrogens with one attached hydrogen (secondary N) is 1. The van der Waals surface area contributed by atoms with Crippen LogP contribution in [-0.4, -0.2) is 48.1 Å². The van der Waals surface area contributed by atoms with Crippen LogP contribution in [0.2, 0.25) is 0 Å². The third-order valence-corrected chi connectivity index (χ3v) is 3.37. The van der Waals surface area contributed by atoms with E-state index in [4.69, 9.17) is 0 Å². The van der Waals surface area contributed by atoms with E-state index < -0.39 is 11.6 Å². The van der Waals surface area contributed by atoms with Gasteiger partial charge in [0, 0.05) is 13.1 Å². The molecule has 1 rings (SSSR count). The second-order valence-electron chi connectivity index (χ2n) is 5.01. The lowest BCUT2D eigenvalue weighted by Crippen LogP contribution is -2.47. The molecule has 5 nitrogen and oxygen atoms in total. The van der Waals surface area contributed by atoms with Gasteiger partial charge >= 0.3 is 5.97 Å². The molecule has 0 aromatic carbocycles. The summed E-state index contributed by atoms with van der Waals surface area (Å²) >= 11 is 0. The Balaban J connectivity index is 2.29. The highest BCUT2D eigenvalue weighted by Crippen LogP contribution is 2.23. The lowest BCUT2D eigenvalue weighted by molar-refractivity contribution is -0.160. The number of aliphatic hydroxyl groups is 2. The summed E-state index contributed by atoms with van der Waals surface area (Å²) in [6.45, 7) is 2.18. The van der Waals surface area contributed by atoms with Gasteiger partial charge in [-0.2, -0.15) is 0 Å². The lowest BCUT2D eigenvalue weighted by atomic mass is 9.86. The van der Waals surface area contributed by atoms with Crippen LogP contribution in [0.1, 0.15) is 32.6 Å². The normalized spacial score (nSPS) is 28.5. The Kier molecular flexibility index (Phi) is 5.36. The number of rotatable bonds is 5. The highest BCUT2D eigenvalue weighted by atomic mass is 16.5. The number of aliphatic hydroxyl groups excluding tert-OH is 1. The minimum atomic E-state index is -1.51. The van der Waals surface area contributed by atoms with Crippen molar-refractivity contribution in [2.45, 2.75) is 44.3 Å². The average Bonchev–Trinajstić information content (AvgIpc) is 2.30. The first-order chi connectivity index (χ1) is 7.97. The van der Waals surface area contributed by atoms with Gasteiger partial charge in [-0.3, -0.25) is 0 Å². The Labute approximate surface area is 102 Å². The molecule has 0 spiro atoms. The molecule has 1 aliphatic rings. The van der Waals surface area contributed by atoms with E-state index in [1.165, 1.54) is 14.0 Å². The lowest BCUT2D eigenvalue weighted by Gasteiger charge is -2.29. The van der Waals surface area contributed by atoms with Crippen molar-refractivity contribution in [3.05, 3.63) is 0 Å². The molecule has 1 fully saturated rings. The molecule has 0 heterocycles. The zero-order chi connectivity index (χ0) is 12.9. The van der Waals surface area contributed by atoms with Crippen molar-refractivity contribution in [2.24, 2.45) is 5.92 Å². The Morgan fingerprint density at radius 3 is 2.71 bits per heavy atom. The molecular formula is C12H23NO4. The smallest absolute Gasteiger partial charge is 0.338 e. The fourth-order valence-electron chi connectivity index (χ4n) is 2.22. The van der Waals surface area contributed by atoms with E-state index in [-0.39, 0.29) is 18.6 Å². The molecular weight excluding hydrogens is 222 g/mol. The van der Waals surface area contributed by atoms with Gasteiger partial charge in [0.15, 0.2) is 5.60 Å². The van der Waals surface area contributed by atoms with Crippen LogP contribution in [0.4, 0.5) is 0 Å². The predicted molar refractivity (Wildman–Crippen MR) is 63.5 cm³/mol. The fraction of sp³-hybridized carbons (Fsp3) is 0.917. The molecule has 5 heteroatoms. The van der Waals surface area contributed by atoms with Crippen LogP contribution in [0.25, 0.3) is 0 Å². The first-order valence-corrected chi connectivity index (χ1v) is 6.17. The predicted octanol–water partition coefficient (Wildman–Crippen LogP) is 0.0511. The molecule has 100 valence electrons. The van der Waals surface area contributed by atoms with E-state index in [1.54, 1.807) is 0 Å². The second-order valence-corrected chi connectivity index (χ2v) is 5.01. The van der Waals surface area contributed by atoms with Crippen LogP contribution in [-0.2, 0) is 9.53 Å². The van der Waals surface area contributed by atoms with Crippen LogP contribution in [0.15, 0.2) is 0 Å². The molecule has 0 aromatic heterocycles. The Morgan fingerprint density at radius 1 is 1.47 bits per heavy atom. The Morgan fingerprint density at radius 2 is 2.12 bits per heavy atom. The first kappa shape index (κ1) is 14.4. The summed E-state index contributed by atoms with van der Waals surface area (Å²) in [6.07, 6.45) is 3.79. The summed E-state index contributed by atoms with van der Waals surface area (Å²) in [5.74, 6) is -0.425. The largest absolute Gasteiger partial charge is 0.467 e. The van der Waals surface area contributed by atoms with Gasteiger partial charge in [-0.05, 0) is 25.7 Å². The van der Waals surface area contributed by atoms with Crippen LogP contribution >= 0.6 is 0 Å². The molecule has 0 amide bonds. The minimum absolute atomic E-state index is 0.142. The molecule has 17 heavy (non-hydrogen) atoms. The monoisotopic (exact) mass is 245 g/mol. The highest BCUT2D eigenvalue weighted by Gasteiger charge is 2.31. The van der Waals surface area contributed by atoms with Crippen molar-refractivity contribution in [2.75, 3.05) is 20.2 Å². The summed E-state index contributed by atoms with van der Waals surface area (Å²) in [4.78, 5) is 11.2. The maximum absolute atomic E-state index is 11.2. The molecule has 1 saturated carbocycles. The molecule has 0 saturated heterocycles. The number of hydrogen-bond acceptors (Lipinski definition) is 5. The molecule has 0 aromatic rings. The average molecular weight is 245 g/mol. The number of hydrogen-bond donors (Lipinski definition) is 3. The summed E-state index contributed by atoms with van der Waals surface area (Å²) in [5, 5.41) is 22.6. The topological polar surface area (TPSA) is 78.8 Å². The van der Waals surface area contributed by atoms with Crippen LogP contribution < -0.4 is 5.32 Å². The van der Waals surface area contributed by atoms with Gasteiger partial charge in [-0.25, -0.2) is 4.79 Å². The molecule has 0 radical (unpaired) electrons. The highest BCUT2D eigenvalue weighted by molar-refractivity contribution is 5.78. The SMILES string of the molecule is COC(=O)C(C)(O)CNCC1CCCCC1O. The summed E-state index contributed by atoms with van der Waals surface area (Å²) in [5.41, 5.74) is -1.51. The fourth-order valence-corrected chi connectivity index (χ4v) is 2.22. The van der Waals surface area contributed by atoms with E-state index in [0.29, 0.717) is 6.54 Å². The second kappa shape index (κ2) is 6.33. The van der Waals surface area contributed by atoms with Crippen molar-refractivity contribution in [3.8, 4) is 0 Å². The number of carbonyl (C=O) groups is 1. The maximum atomic E-state index is 11.2. The summed E-state index contributed by atoms with van der Waals surface area (Å²) in [6, 6.07) is 0. The minimum Gasteiger partial charge on any atom is -0.467 e. The van der Waals surface area contributed by atoms with Crippen molar-refractivity contribution < 1.29 is 19.7 Å². The molecule has 3 unspecified atom stereocenters. The third-order valence-electron chi connectivity index (χ3n) is 3.37. The van der Waals surface area contributed by atoms with Gasteiger partial charge in [0.2, 0.25) is 0 Å². The molecule has 3 atom stereocenters. The van der Waals surface area contributed by atoms with Crippen LogP contribution in [0.5, 0.6) is 0 Å². The third kappa shape index (κ3) is 4.26.